The van der Waals surface area contributed by atoms with Crippen LogP contribution in [0.2, 0.25) is 0 Å². The minimum atomic E-state index is -3.08. The molecule has 0 aromatic carbocycles. The molecule has 0 aromatic heterocycles. The summed E-state index contributed by atoms with van der Waals surface area (Å²) in [6.07, 6.45) is 3.65. The molecule has 0 unspecified atom stereocenters. The van der Waals surface area contributed by atoms with Gasteiger partial charge in [-0.3, -0.25) is 0 Å². The first-order valence-corrected chi connectivity index (χ1v) is 6.75. The van der Waals surface area contributed by atoms with E-state index in [0.717, 1.165) is 39.3 Å². The minimum absolute atomic E-state index is 0. The van der Waals surface area contributed by atoms with Crippen LogP contribution in [0.3, 0.4) is 0 Å². The Morgan fingerprint density at radius 2 is 0.769 bits per heavy atom. The molecule has 0 atom stereocenters. The average molecular weight is 462 g/mol. The number of hydrogen-bond donors (Lipinski definition) is 2. The summed E-state index contributed by atoms with van der Waals surface area (Å²) >= 11 is 0. The van der Waals surface area contributed by atoms with Crippen LogP contribution in [-0.2, 0) is 21.7 Å². The van der Waals surface area contributed by atoms with Gasteiger partial charge in [0.25, 0.3) is 0 Å². The van der Waals surface area contributed by atoms with E-state index in [1.807, 2.05) is 0 Å². The van der Waals surface area contributed by atoms with Crippen molar-refractivity contribution in [3.63, 3.8) is 0 Å². The normalized spacial score (nSPS) is 15.2. The molecule has 0 bridgehead atoms. The number of nitrogens with one attached hydrogen (secondary N) is 2. The molecule has 0 radical (unpaired) electrons. The number of halogens is 10. The molecule has 2 N–H and O–H groups in total. The zero-order chi connectivity index (χ0) is 19.2. The second kappa shape index (κ2) is 32.9. The van der Waals surface area contributed by atoms with Crippen LogP contribution in [0.25, 0.3) is 5.32 Å². The first-order chi connectivity index (χ1) is 11.2. The van der Waals surface area contributed by atoms with E-state index < -0.39 is 20.0 Å². The van der Waals surface area contributed by atoms with Crippen molar-refractivity contribution in [1.82, 2.24) is 10.6 Å². The Bertz CT molecular complexity index is 159. The van der Waals surface area contributed by atoms with Crippen LogP contribution >= 0.6 is 12.4 Å². The van der Waals surface area contributed by atoms with Crippen molar-refractivity contribution in [2.75, 3.05) is 39.3 Å². The van der Waals surface area contributed by atoms with E-state index in [9.17, 15) is 39.5 Å². The molecule has 1 aliphatic heterocycles. The van der Waals surface area contributed by atoms with Gasteiger partial charge in [0, 0.05) is 0 Å². The van der Waals surface area contributed by atoms with Crippen LogP contribution < -0.4 is 10.6 Å². The monoisotopic (exact) mass is 461 g/mol. The summed E-state index contributed by atoms with van der Waals surface area (Å²) in [5.74, 6) is 0. The van der Waals surface area contributed by atoms with E-state index in [1.54, 1.807) is 0 Å². The first kappa shape index (κ1) is 37.1. The molecule has 14 heteroatoms. The fourth-order valence-electron chi connectivity index (χ4n) is 1.33. The van der Waals surface area contributed by atoms with E-state index in [-0.39, 0.29) is 34.1 Å². The van der Waals surface area contributed by atoms with Gasteiger partial charge < -0.3 is 55.5 Å². The van der Waals surface area contributed by atoms with Gasteiger partial charge in [-0.25, -0.2) is 0 Å². The predicted octanol–water partition coefficient (Wildman–Crippen LogP) is 5.17. The summed E-state index contributed by atoms with van der Waals surface area (Å²) in [6.45, 7) is -2.63. The summed E-state index contributed by atoms with van der Waals surface area (Å²) in [5, 5.41) is 11.2. The van der Waals surface area contributed by atoms with E-state index >= 15 is 0 Å². The van der Waals surface area contributed by atoms with Gasteiger partial charge in [0.2, 0.25) is 0 Å². The van der Waals surface area contributed by atoms with Gasteiger partial charge in [-0.1, -0.05) is 12.8 Å². The molecule has 26 heavy (non-hydrogen) atoms. The fourth-order valence-corrected chi connectivity index (χ4v) is 1.33. The van der Waals surface area contributed by atoms with Crippen molar-refractivity contribution in [1.29, 1.82) is 0 Å². The van der Waals surface area contributed by atoms with E-state index in [1.165, 1.54) is 19.3 Å². The van der Waals surface area contributed by atoms with Gasteiger partial charge in [-0.2, -0.15) is 0 Å². The van der Waals surface area contributed by atoms with Crippen LogP contribution in [0, 0.1) is 20.0 Å². The maximum absolute atomic E-state index is 9.58. The Kier molecular flexibility index (Phi) is 46.9. The molecule has 0 aromatic rings. The van der Waals surface area contributed by atoms with Gasteiger partial charge in [0.15, 0.2) is 20.0 Å². The third-order valence-corrected chi connectivity index (χ3v) is 2.05. The molecule has 0 aliphatic carbocycles. The fraction of sp³-hybridized carbons (Fsp3) is 0.750. The van der Waals surface area contributed by atoms with Gasteiger partial charge in [0.05, 0.1) is 0 Å². The van der Waals surface area contributed by atoms with Crippen LogP contribution in [0.5, 0.6) is 0 Å². The topological polar surface area (TPSA) is 38.2 Å². The molecule has 1 rings (SSSR count). The average Bonchev–Trinajstić information content (AvgIpc) is 2.37. The molecular weight excluding hydrogens is 440 g/mol. The molecule has 0 saturated carbocycles. The second-order valence-electron chi connectivity index (χ2n) is 3.87. The van der Waals surface area contributed by atoms with Crippen molar-refractivity contribution in [3.8, 4) is 0 Å². The SMILES string of the molecule is C1C[N-]CCCNCCCNC1.Cl.F[C-](F)F.F[C-](F)F.F[C-](F)F.[Ti+4]. The Labute approximate surface area is 168 Å². The Hall–Kier alpha value is 0.254. The van der Waals surface area contributed by atoms with Gasteiger partial charge >= 0.3 is 21.7 Å². The third-order valence-electron chi connectivity index (χ3n) is 2.05. The quantitative estimate of drug-likeness (QED) is 0.297. The Morgan fingerprint density at radius 3 is 1.04 bits per heavy atom. The maximum atomic E-state index is 9.58. The smallest absolute Gasteiger partial charge is 0.662 e. The van der Waals surface area contributed by atoms with Crippen LogP contribution in [0.4, 0.5) is 39.5 Å². The van der Waals surface area contributed by atoms with Crippen LogP contribution in [-0.4, -0.2) is 39.3 Å². The molecule has 0 amide bonds. The number of nitrogens with zero attached hydrogens (tertiary/aromatic N) is 1. The van der Waals surface area contributed by atoms with Crippen molar-refractivity contribution >= 4 is 12.4 Å². The molecule has 3 nitrogen and oxygen atoms in total. The zero-order valence-electron chi connectivity index (χ0n) is 13.6. The first-order valence-electron chi connectivity index (χ1n) is 6.75. The molecule has 1 aliphatic rings. The summed E-state index contributed by atoms with van der Waals surface area (Å²) in [5.41, 5.74) is 0. The van der Waals surface area contributed by atoms with Crippen molar-refractivity contribution < 1.29 is 61.2 Å². The number of rotatable bonds is 0. The Balaban J connectivity index is -0.0000000886. The minimum Gasteiger partial charge on any atom is -0.662 e. The van der Waals surface area contributed by atoms with E-state index in [0.29, 0.717) is 0 Å². The second-order valence-corrected chi connectivity index (χ2v) is 3.87. The summed E-state index contributed by atoms with van der Waals surface area (Å²) in [7, 11) is 0. The third kappa shape index (κ3) is 87.3. The number of hydrogen-bond acceptors (Lipinski definition) is 2. The maximum Gasteiger partial charge on any atom is 4.00 e. The molecule has 1 heterocycles. The molecule has 158 valence electrons. The van der Waals surface area contributed by atoms with Gasteiger partial charge in [-0.05, 0) is 32.6 Å². The van der Waals surface area contributed by atoms with Crippen molar-refractivity contribution in [2.45, 2.75) is 19.3 Å². The molecule has 1 fully saturated rings. The molecular formula is C12H21ClF9N3Ti. The van der Waals surface area contributed by atoms with Crippen molar-refractivity contribution in [3.05, 3.63) is 25.4 Å². The zero-order valence-corrected chi connectivity index (χ0v) is 16.0. The van der Waals surface area contributed by atoms with E-state index in [2.05, 4.69) is 16.0 Å². The van der Waals surface area contributed by atoms with Crippen molar-refractivity contribution in [2.24, 2.45) is 0 Å². The van der Waals surface area contributed by atoms with Crippen LogP contribution in [0.1, 0.15) is 19.3 Å². The largest absolute Gasteiger partial charge is 4.00 e. The summed E-state index contributed by atoms with van der Waals surface area (Å²) < 4.78 is 86.2. The predicted molar refractivity (Wildman–Crippen MR) is 79.6 cm³/mol. The summed E-state index contributed by atoms with van der Waals surface area (Å²) in [6, 6.07) is 0. The van der Waals surface area contributed by atoms with Gasteiger partial charge in [-0.15, -0.1) is 25.5 Å². The standard InChI is InChI=1S/C9H20N3.3CF3.ClH.Ti/c1-4-10-6-2-8-12-9-3-7-11-5-1;3*2-1(3)4;;/h10-11H,1-9H2;;;;1H;/q4*-1;;+4. The van der Waals surface area contributed by atoms with Crippen LogP contribution in [0.15, 0.2) is 0 Å². The molecule has 1 saturated heterocycles. The molecule has 0 spiro atoms. The Morgan fingerprint density at radius 1 is 0.538 bits per heavy atom. The van der Waals surface area contributed by atoms with Gasteiger partial charge in [0.1, 0.15) is 0 Å². The van der Waals surface area contributed by atoms with E-state index in [4.69, 9.17) is 0 Å². The summed E-state index contributed by atoms with van der Waals surface area (Å²) in [4.78, 5) is 0.